The molecule has 0 saturated carbocycles. The van der Waals surface area contributed by atoms with E-state index in [-0.39, 0.29) is 11.3 Å². The number of anilines is 1. The number of methoxy groups -OCH3 is 2. The monoisotopic (exact) mass is 438 g/mol. The highest BCUT2D eigenvalue weighted by Crippen LogP contribution is 2.30. The molecule has 0 spiro atoms. The van der Waals surface area contributed by atoms with Crippen molar-refractivity contribution >= 4 is 29.0 Å². The van der Waals surface area contributed by atoms with Gasteiger partial charge < -0.3 is 14.6 Å². The van der Waals surface area contributed by atoms with E-state index in [0.717, 1.165) is 0 Å². The number of hydrazine groups is 2. The number of nitrogens with zero attached hydrogens (tertiary/aromatic N) is 3. The third kappa shape index (κ3) is 3.93. The number of halogens is 1. The summed E-state index contributed by atoms with van der Waals surface area (Å²) in [5, 5.41) is 17.9. The number of rotatable bonds is 5. The van der Waals surface area contributed by atoms with Gasteiger partial charge in [0.15, 0.2) is 17.3 Å². The minimum absolute atomic E-state index is 0.123. The first kappa shape index (κ1) is 20.4. The first-order chi connectivity index (χ1) is 15.0. The zero-order chi connectivity index (χ0) is 22.0. The molecule has 0 aliphatic carbocycles. The summed E-state index contributed by atoms with van der Waals surface area (Å²) in [6.07, 6.45) is 0. The molecule has 3 aromatic rings. The summed E-state index contributed by atoms with van der Waals surface area (Å²) in [7, 11) is 3.09. The van der Waals surface area contributed by atoms with Crippen LogP contribution >= 0.6 is 11.6 Å². The Morgan fingerprint density at radius 1 is 1.00 bits per heavy atom. The number of amides is 1. The van der Waals surface area contributed by atoms with Crippen LogP contribution in [0.1, 0.15) is 15.9 Å². The van der Waals surface area contributed by atoms with E-state index < -0.39 is 5.91 Å². The number of ether oxygens (including phenoxy) is 2. The van der Waals surface area contributed by atoms with Gasteiger partial charge in [0.2, 0.25) is 0 Å². The van der Waals surface area contributed by atoms with Crippen LogP contribution in [0.3, 0.4) is 0 Å². The van der Waals surface area contributed by atoms with Gasteiger partial charge in [-0.25, -0.2) is 0 Å². The maximum atomic E-state index is 13.2. The fourth-order valence-corrected chi connectivity index (χ4v) is 3.19. The first-order valence-corrected chi connectivity index (χ1v) is 9.65. The Hall–Kier alpha value is -3.91. The van der Waals surface area contributed by atoms with E-state index in [0.29, 0.717) is 33.6 Å². The number of carbonyl (C=O) groups is 1. The molecule has 1 aliphatic rings. The lowest BCUT2D eigenvalue weighted by molar-refractivity contribution is 0.0707. The molecule has 158 valence electrons. The number of hydrazone groups is 1. The predicted octanol–water partition coefficient (Wildman–Crippen LogP) is 3.81. The van der Waals surface area contributed by atoms with Gasteiger partial charge in [-0.2, -0.15) is 0 Å². The Morgan fingerprint density at radius 3 is 2.39 bits per heavy atom. The number of aromatic hydroxyl groups is 1. The Balaban J connectivity index is 1.75. The maximum absolute atomic E-state index is 13.2. The minimum Gasteiger partial charge on any atom is -0.507 e. The van der Waals surface area contributed by atoms with Crippen molar-refractivity contribution in [2.24, 2.45) is 5.10 Å². The fourth-order valence-electron chi connectivity index (χ4n) is 3.07. The van der Waals surface area contributed by atoms with E-state index in [9.17, 15) is 9.90 Å². The highest BCUT2D eigenvalue weighted by atomic mass is 35.5. The highest BCUT2D eigenvalue weighted by Gasteiger charge is 2.32. The summed E-state index contributed by atoms with van der Waals surface area (Å²) in [4.78, 5) is 13.2. The molecule has 2 N–H and O–H groups in total. The zero-order valence-corrected chi connectivity index (χ0v) is 17.5. The first-order valence-electron chi connectivity index (χ1n) is 9.27. The smallest absolute Gasteiger partial charge is 0.297 e. The van der Waals surface area contributed by atoms with E-state index >= 15 is 0 Å². The van der Waals surface area contributed by atoms with Gasteiger partial charge in [-0.05, 0) is 54.6 Å². The summed E-state index contributed by atoms with van der Waals surface area (Å²) in [5.74, 6) is 0.867. The van der Waals surface area contributed by atoms with E-state index in [4.69, 9.17) is 21.1 Å². The van der Waals surface area contributed by atoms with Crippen LogP contribution in [-0.4, -0.2) is 36.2 Å². The third-order valence-corrected chi connectivity index (χ3v) is 4.89. The molecule has 31 heavy (non-hydrogen) atoms. The molecule has 8 nitrogen and oxygen atoms in total. The topological polar surface area (TPSA) is 86.6 Å². The Morgan fingerprint density at radius 2 is 1.71 bits per heavy atom. The molecule has 1 heterocycles. The molecule has 0 unspecified atom stereocenters. The van der Waals surface area contributed by atoms with Crippen LogP contribution in [-0.2, 0) is 0 Å². The highest BCUT2D eigenvalue weighted by molar-refractivity contribution is 6.30. The average Bonchev–Trinajstić information content (AvgIpc) is 3.24. The molecule has 3 aromatic carbocycles. The van der Waals surface area contributed by atoms with Gasteiger partial charge >= 0.3 is 0 Å². The van der Waals surface area contributed by atoms with Crippen LogP contribution < -0.4 is 20.0 Å². The molecular weight excluding hydrogens is 420 g/mol. The molecule has 0 bridgehead atoms. The van der Waals surface area contributed by atoms with Gasteiger partial charge in [-0.15, -0.1) is 15.3 Å². The Kier molecular flexibility index (Phi) is 5.55. The van der Waals surface area contributed by atoms with Crippen molar-refractivity contribution in [1.82, 2.24) is 10.5 Å². The number of hydrogen-bond acceptors (Lipinski definition) is 7. The number of para-hydroxylation sites is 1. The van der Waals surface area contributed by atoms with Crippen LogP contribution in [0.5, 0.6) is 17.2 Å². The van der Waals surface area contributed by atoms with Gasteiger partial charge in [0.05, 0.1) is 25.5 Å². The van der Waals surface area contributed by atoms with Gasteiger partial charge in [-0.1, -0.05) is 23.7 Å². The molecule has 4 rings (SSSR count). The third-order valence-electron chi connectivity index (χ3n) is 4.64. The Bertz CT molecular complexity index is 1150. The summed E-state index contributed by atoms with van der Waals surface area (Å²) in [5.41, 5.74) is 4.39. The van der Waals surface area contributed by atoms with Crippen molar-refractivity contribution < 1.29 is 19.4 Å². The van der Waals surface area contributed by atoms with Gasteiger partial charge in [0.1, 0.15) is 5.75 Å². The summed E-state index contributed by atoms with van der Waals surface area (Å²) < 4.78 is 10.7. The standard InChI is InChI=1S/C22H19ClN4O4/c1-30-19-12-7-14(13-20(19)31-2)21-24-26(16-10-8-15(23)9-11-16)27(25-21)22(29)17-5-3-4-6-18(17)28/h3-13,28H,1-2H3,(H,24,25). The predicted molar refractivity (Wildman–Crippen MR) is 117 cm³/mol. The molecule has 0 aromatic heterocycles. The summed E-state index contributed by atoms with van der Waals surface area (Å²) >= 11 is 6.01. The van der Waals surface area contributed by atoms with Gasteiger partial charge in [0, 0.05) is 10.6 Å². The number of carbonyl (C=O) groups excluding carboxylic acids is 1. The number of hydrogen-bond donors (Lipinski definition) is 2. The second-order valence-electron chi connectivity index (χ2n) is 6.53. The molecule has 0 radical (unpaired) electrons. The van der Waals surface area contributed by atoms with Crippen molar-refractivity contribution in [3.05, 3.63) is 82.9 Å². The lowest BCUT2D eigenvalue weighted by Gasteiger charge is -2.26. The number of phenols is 1. The molecular formula is C22H19ClN4O4. The minimum atomic E-state index is -0.493. The van der Waals surface area contributed by atoms with Crippen LogP contribution in [0.15, 0.2) is 71.8 Å². The largest absolute Gasteiger partial charge is 0.507 e. The quantitative estimate of drug-likeness (QED) is 0.630. The van der Waals surface area contributed by atoms with E-state index in [1.54, 1.807) is 68.8 Å². The van der Waals surface area contributed by atoms with Crippen LogP contribution in [0.4, 0.5) is 5.69 Å². The van der Waals surface area contributed by atoms with E-state index in [1.165, 1.54) is 22.4 Å². The van der Waals surface area contributed by atoms with Gasteiger partial charge in [0.25, 0.3) is 5.91 Å². The lowest BCUT2D eigenvalue weighted by atomic mass is 10.2. The second kappa shape index (κ2) is 8.45. The fraction of sp³-hybridized carbons (Fsp3) is 0.0909. The van der Waals surface area contributed by atoms with Crippen molar-refractivity contribution in [3.8, 4) is 17.2 Å². The maximum Gasteiger partial charge on any atom is 0.297 e. The Labute approximate surface area is 183 Å². The molecule has 0 fully saturated rings. The molecule has 9 heteroatoms. The van der Waals surface area contributed by atoms with Crippen molar-refractivity contribution in [2.45, 2.75) is 0 Å². The number of amidine groups is 1. The number of benzene rings is 3. The number of phenolic OH excluding ortho intramolecular Hbond substituents is 1. The van der Waals surface area contributed by atoms with Crippen molar-refractivity contribution in [1.29, 1.82) is 0 Å². The average molecular weight is 439 g/mol. The number of nitrogens with one attached hydrogen (secondary N) is 1. The van der Waals surface area contributed by atoms with E-state index in [2.05, 4.69) is 10.5 Å². The van der Waals surface area contributed by atoms with Crippen LogP contribution in [0.2, 0.25) is 5.02 Å². The molecule has 0 atom stereocenters. The lowest BCUT2D eigenvalue weighted by Crippen LogP contribution is -2.48. The van der Waals surface area contributed by atoms with Gasteiger partial charge in [-0.3, -0.25) is 10.2 Å². The van der Waals surface area contributed by atoms with E-state index in [1.807, 2.05) is 0 Å². The molecule has 1 amide bonds. The van der Waals surface area contributed by atoms with Crippen LogP contribution in [0, 0.1) is 0 Å². The van der Waals surface area contributed by atoms with Crippen molar-refractivity contribution in [3.63, 3.8) is 0 Å². The SMILES string of the molecule is COc1ccc(C2=NN(c3ccc(Cl)cc3)N(C(=O)c3ccccc3O)N2)cc1OC. The van der Waals surface area contributed by atoms with Crippen molar-refractivity contribution in [2.75, 3.05) is 19.3 Å². The molecule has 0 saturated heterocycles. The normalized spacial score (nSPS) is 12.9. The second-order valence-corrected chi connectivity index (χ2v) is 6.97. The summed E-state index contributed by atoms with van der Waals surface area (Å²) in [6, 6.07) is 18.5. The summed E-state index contributed by atoms with van der Waals surface area (Å²) in [6.45, 7) is 0. The zero-order valence-electron chi connectivity index (χ0n) is 16.7. The van der Waals surface area contributed by atoms with Crippen LogP contribution in [0.25, 0.3) is 0 Å². The molecule has 1 aliphatic heterocycles.